The van der Waals surface area contributed by atoms with Gasteiger partial charge in [0.05, 0.1) is 18.3 Å². The maximum absolute atomic E-state index is 5.55. The van der Waals surface area contributed by atoms with Gasteiger partial charge in [0.1, 0.15) is 0 Å². The van der Waals surface area contributed by atoms with E-state index in [1.54, 1.807) is 11.3 Å². The first-order chi connectivity index (χ1) is 7.83. The van der Waals surface area contributed by atoms with E-state index < -0.39 is 0 Å². The van der Waals surface area contributed by atoms with E-state index in [9.17, 15) is 0 Å². The van der Waals surface area contributed by atoms with Crippen molar-refractivity contribution in [1.29, 1.82) is 0 Å². The number of rotatable bonds is 1. The van der Waals surface area contributed by atoms with Crippen LogP contribution in [-0.4, -0.2) is 29.1 Å². The number of thiazole rings is 1. The number of imidazole rings is 1. The smallest absolute Gasteiger partial charge is 0.194 e. The zero-order chi connectivity index (χ0) is 11.0. The van der Waals surface area contributed by atoms with E-state index in [4.69, 9.17) is 4.74 Å². The Morgan fingerprint density at radius 3 is 3.38 bits per heavy atom. The van der Waals surface area contributed by atoms with E-state index in [0.29, 0.717) is 0 Å². The van der Waals surface area contributed by atoms with Crippen LogP contribution in [0.5, 0.6) is 0 Å². The molecular formula is C11H15N3OS. The van der Waals surface area contributed by atoms with Gasteiger partial charge in [-0.2, -0.15) is 0 Å². The summed E-state index contributed by atoms with van der Waals surface area (Å²) in [5, 5.41) is 3.47. The lowest BCUT2D eigenvalue weighted by Crippen LogP contribution is -2.23. The van der Waals surface area contributed by atoms with Crippen LogP contribution in [0.4, 0.5) is 0 Å². The summed E-state index contributed by atoms with van der Waals surface area (Å²) in [7, 11) is 0. The van der Waals surface area contributed by atoms with Crippen LogP contribution in [-0.2, 0) is 4.74 Å². The summed E-state index contributed by atoms with van der Waals surface area (Å²) >= 11 is 1.73. The highest BCUT2D eigenvalue weighted by atomic mass is 32.1. The number of nitrogens with zero attached hydrogens (tertiary/aromatic N) is 2. The van der Waals surface area contributed by atoms with Gasteiger partial charge in [0.2, 0.25) is 0 Å². The molecule has 86 valence electrons. The summed E-state index contributed by atoms with van der Waals surface area (Å²) in [6, 6.07) is 0.245. The number of ether oxygens (including phenoxy) is 1. The average Bonchev–Trinajstić information content (AvgIpc) is 2.65. The van der Waals surface area contributed by atoms with Gasteiger partial charge in [-0.25, -0.2) is 4.98 Å². The molecule has 3 heterocycles. The molecular weight excluding hydrogens is 222 g/mol. The molecule has 0 bridgehead atoms. The molecule has 1 aliphatic rings. The minimum atomic E-state index is 0.245. The Kier molecular flexibility index (Phi) is 2.67. The fourth-order valence-corrected chi connectivity index (χ4v) is 2.81. The van der Waals surface area contributed by atoms with Crippen LogP contribution in [0.25, 0.3) is 4.96 Å². The summed E-state index contributed by atoms with van der Waals surface area (Å²) in [6.07, 6.45) is 5.30. The van der Waals surface area contributed by atoms with E-state index in [0.717, 1.165) is 36.8 Å². The highest BCUT2D eigenvalue weighted by Gasteiger charge is 2.17. The third kappa shape index (κ3) is 1.86. The molecule has 1 unspecified atom stereocenters. The fraction of sp³-hybridized carbons (Fsp3) is 0.545. The van der Waals surface area contributed by atoms with E-state index in [1.807, 2.05) is 0 Å². The van der Waals surface area contributed by atoms with Crippen molar-refractivity contribution in [3.8, 4) is 0 Å². The molecule has 0 spiro atoms. The number of nitrogens with one attached hydrogen (secondary N) is 1. The Morgan fingerprint density at radius 2 is 2.50 bits per heavy atom. The molecule has 3 rings (SSSR count). The number of hydrogen-bond acceptors (Lipinski definition) is 4. The Labute approximate surface area is 98.3 Å². The van der Waals surface area contributed by atoms with Crippen LogP contribution in [0.2, 0.25) is 0 Å². The fourth-order valence-electron chi connectivity index (χ4n) is 2.00. The van der Waals surface area contributed by atoms with Gasteiger partial charge in [0.15, 0.2) is 4.96 Å². The third-order valence-corrected chi connectivity index (χ3v) is 3.70. The highest BCUT2D eigenvalue weighted by Crippen LogP contribution is 2.21. The Bertz CT molecular complexity index is 451. The van der Waals surface area contributed by atoms with Crippen molar-refractivity contribution in [2.75, 3.05) is 19.8 Å². The van der Waals surface area contributed by atoms with Gasteiger partial charge < -0.3 is 10.1 Å². The normalized spacial score (nSPS) is 22.4. The first-order valence-corrected chi connectivity index (χ1v) is 6.41. The van der Waals surface area contributed by atoms with Gasteiger partial charge in [-0.3, -0.25) is 4.40 Å². The van der Waals surface area contributed by atoms with E-state index in [1.165, 1.54) is 4.88 Å². The second kappa shape index (κ2) is 4.16. The molecule has 1 aliphatic heterocycles. The zero-order valence-electron chi connectivity index (χ0n) is 9.27. The van der Waals surface area contributed by atoms with Gasteiger partial charge >= 0.3 is 0 Å². The maximum Gasteiger partial charge on any atom is 0.194 e. The molecule has 2 aromatic heterocycles. The first-order valence-electron chi connectivity index (χ1n) is 5.59. The summed E-state index contributed by atoms with van der Waals surface area (Å²) < 4.78 is 7.65. The number of hydrogen-bond donors (Lipinski definition) is 1. The molecule has 0 aliphatic carbocycles. The molecule has 1 N–H and O–H groups in total. The van der Waals surface area contributed by atoms with Crippen LogP contribution < -0.4 is 5.32 Å². The molecule has 0 amide bonds. The van der Waals surface area contributed by atoms with Crippen LogP contribution in [0, 0.1) is 6.92 Å². The monoisotopic (exact) mass is 237 g/mol. The maximum atomic E-state index is 5.55. The zero-order valence-corrected chi connectivity index (χ0v) is 10.1. The summed E-state index contributed by atoms with van der Waals surface area (Å²) in [6.45, 7) is 4.69. The molecule has 16 heavy (non-hydrogen) atoms. The van der Waals surface area contributed by atoms with E-state index in [-0.39, 0.29) is 6.04 Å². The molecule has 5 heteroatoms. The minimum Gasteiger partial charge on any atom is -0.379 e. The lowest BCUT2D eigenvalue weighted by Gasteiger charge is -2.11. The summed E-state index contributed by atoms with van der Waals surface area (Å²) in [5.74, 6) is 0. The molecule has 1 fully saturated rings. The molecule has 0 aromatic carbocycles. The molecule has 4 nitrogen and oxygen atoms in total. The standard InChI is InChI=1S/C11H15N3OS/c1-8-5-14-6-9(13-11(14)16-8)10-7-15-4-2-3-12-10/h5-6,10,12H,2-4,7H2,1H3. The van der Waals surface area contributed by atoms with Crippen LogP contribution >= 0.6 is 11.3 Å². The Balaban J connectivity index is 1.89. The predicted octanol–water partition coefficient (Wildman–Crippen LogP) is 1.76. The van der Waals surface area contributed by atoms with Crippen LogP contribution in [0.1, 0.15) is 23.0 Å². The molecule has 1 saturated heterocycles. The summed E-state index contributed by atoms with van der Waals surface area (Å²) in [5.41, 5.74) is 1.09. The van der Waals surface area contributed by atoms with E-state index in [2.05, 4.69) is 34.0 Å². The Morgan fingerprint density at radius 1 is 1.56 bits per heavy atom. The van der Waals surface area contributed by atoms with Gasteiger partial charge in [0.25, 0.3) is 0 Å². The van der Waals surface area contributed by atoms with Crippen molar-refractivity contribution >= 4 is 16.3 Å². The molecule has 2 aromatic rings. The highest BCUT2D eigenvalue weighted by molar-refractivity contribution is 7.16. The molecule has 0 saturated carbocycles. The van der Waals surface area contributed by atoms with Crippen molar-refractivity contribution in [3.05, 3.63) is 23.0 Å². The van der Waals surface area contributed by atoms with Crippen LogP contribution in [0.3, 0.4) is 0 Å². The third-order valence-electron chi connectivity index (χ3n) is 2.79. The summed E-state index contributed by atoms with van der Waals surface area (Å²) in [4.78, 5) is 7.00. The molecule has 1 atom stereocenters. The second-order valence-corrected chi connectivity index (χ2v) is 5.35. The van der Waals surface area contributed by atoms with E-state index >= 15 is 0 Å². The van der Waals surface area contributed by atoms with Gasteiger partial charge in [-0.05, 0) is 19.9 Å². The van der Waals surface area contributed by atoms with Crippen LogP contribution in [0.15, 0.2) is 12.4 Å². The van der Waals surface area contributed by atoms with Gasteiger partial charge in [0, 0.05) is 23.9 Å². The van der Waals surface area contributed by atoms with Crippen molar-refractivity contribution in [1.82, 2.24) is 14.7 Å². The van der Waals surface area contributed by atoms with Gasteiger partial charge in [-0.1, -0.05) is 0 Å². The second-order valence-electron chi connectivity index (χ2n) is 4.13. The Hall–Kier alpha value is -0.910. The van der Waals surface area contributed by atoms with Crippen molar-refractivity contribution in [3.63, 3.8) is 0 Å². The largest absolute Gasteiger partial charge is 0.379 e. The number of aromatic nitrogens is 2. The van der Waals surface area contributed by atoms with Crippen molar-refractivity contribution in [2.24, 2.45) is 0 Å². The SMILES string of the molecule is Cc1cn2cc(C3COCCCN3)nc2s1. The number of aryl methyl sites for hydroxylation is 1. The lowest BCUT2D eigenvalue weighted by molar-refractivity contribution is 0.131. The van der Waals surface area contributed by atoms with Crippen molar-refractivity contribution < 1.29 is 4.74 Å². The first kappa shape index (κ1) is 10.3. The predicted molar refractivity (Wildman–Crippen MR) is 64.0 cm³/mol. The van der Waals surface area contributed by atoms with Gasteiger partial charge in [-0.15, -0.1) is 11.3 Å². The van der Waals surface area contributed by atoms with Crippen molar-refractivity contribution in [2.45, 2.75) is 19.4 Å². The number of fused-ring (bicyclic) bond motifs is 1. The molecule has 0 radical (unpaired) electrons. The minimum absolute atomic E-state index is 0.245. The lowest BCUT2D eigenvalue weighted by atomic mass is 10.2. The topological polar surface area (TPSA) is 38.6 Å². The average molecular weight is 237 g/mol. The quantitative estimate of drug-likeness (QED) is 0.821.